The Morgan fingerprint density at radius 2 is 2.14 bits per heavy atom. The van der Waals surface area contributed by atoms with Gasteiger partial charge in [-0.2, -0.15) is 5.26 Å². The van der Waals surface area contributed by atoms with Crippen molar-refractivity contribution < 1.29 is 5.11 Å². The fourth-order valence-corrected chi connectivity index (χ4v) is 1.12. The van der Waals surface area contributed by atoms with Crippen LogP contribution in [-0.4, -0.2) is 5.11 Å². The van der Waals surface area contributed by atoms with Gasteiger partial charge < -0.3 is 5.11 Å². The van der Waals surface area contributed by atoms with Crippen LogP contribution < -0.4 is 0 Å². The molecule has 0 radical (unpaired) electrons. The van der Waals surface area contributed by atoms with Crippen molar-refractivity contribution >= 4 is 0 Å². The van der Waals surface area contributed by atoms with Crippen LogP contribution in [0, 0.1) is 27.7 Å². The SMILES string of the molecule is CC(C)CCC#N.Oc1cc2ccc1=2. The van der Waals surface area contributed by atoms with Crippen LogP contribution in [0.4, 0.5) is 0 Å². The number of nitriles is 1. The van der Waals surface area contributed by atoms with Crippen LogP contribution in [0.3, 0.4) is 0 Å². The minimum atomic E-state index is 0.442. The van der Waals surface area contributed by atoms with Gasteiger partial charge in [-0.05, 0) is 23.6 Å². The molecule has 74 valence electrons. The van der Waals surface area contributed by atoms with Crippen LogP contribution in [0.25, 0.3) is 0 Å². The summed E-state index contributed by atoms with van der Waals surface area (Å²) in [6.07, 6.45) is 1.74. The molecule has 2 nitrogen and oxygen atoms in total. The Hall–Kier alpha value is -1.49. The maximum Gasteiger partial charge on any atom is 0.124 e. The number of hydrogen-bond donors (Lipinski definition) is 1. The molecule has 0 aromatic carbocycles. The van der Waals surface area contributed by atoms with Crippen molar-refractivity contribution in [1.29, 1.82) is 5.26 Å². The van der Waals surface area contributed by atoms with E-state index >= 15 is 0 Å². The maximum atomic E-state index is 8.69. The quantitative estimate of drug-likeness (QED) is 0.789. The normalized spacial score (nSPS) is 10.1. The first-order valence-electron chi connectivity index (χ1n) is 4.85. The predicted octanol–water partition coefficient (Wildman–Crippen LogP) is 2.94. The molecule has 2 rings (SSSR count). The summed E-state index contributed by atoms with van der Waals surface area (Å²) in [4.78, 5) is 0. The van der Waals surface area contributed by atoms with E-state index in [1.165, 1.54) is 5.22 Å². The van der Waals surface area contributed by atoms with Gasteiger partial charge in [0.25, 0.3) is 0 Å². The Labute approximate surface area is 84.1 Å². The second-order valence-electron chi connectivity index (χ2n) is 3.82. The Balaban J connectivity index is 0.000000140. The van der Waals surface area contributed by atoms with Gasteiger partial charge in [0.05, 0.1) is 6.07 Å². The van der Waals surface area contributed by atoms with E-state index in [-0.39, 0.29) is 0 Å². The minimum Gasteiger partial charge on any atom is -0.507 e. The molecule has 0 aromatic rings. The van der Waals surface area contributed by atoms with E-state index in [1.54, 1.807) is 6.07 Å². The van der Waals surface area contributed by atoms with Gasteiger partial charge in [0.15, 0.2) is 0 Å². The third kappa shape index (κ3) is 2.50. The predicted molar refractivity (Wildman–Crippen MR) is 55.5 cm³/mol. The molecule has 2 heteroatoms. The summed E-state index contributed by atoms with van der Waals surface area (Å²) in [5.41, 5.74) is 0. The second-order valence-corrected chi connectivity index (χ2v) is 3.82. The monoisotopic (exact) mass is 189 g/mol. The van der Waals surface area contributed by atoms with Crippen molar-refractivity contribution in [2.45, 2.75) is 26.7 Å². The first-order valence-corrected chi connectivity index (χ1v) is 4.85. The molecule has 2 aliphatic rings. The van der Waals surface area contributed by atoms with Gasteiger partial charge in [0.1, 0.15) is 5.75 Å². The molecule has 0 aromatic heterocycles. The van der Waals surface area contributed by atoms with Crippen LogP contribution >= 0.6 is 0 Å². The number of phenols is 1. The van der Waals surface area contributed by atoms with Crippen molar-refractivity contribution in [3.63, 3.8) is 0 Å². The van der Waals surface area contributed by atoms with Crippen molar-refractivity contribution in [2.75, 3.05) is 0 Å². The summed E-state index contributed by atoms with van der Waals surface area (Å²) in [6, 6.07) is 7.75. The molecule has 0 saturated heterocycles. The van der Waals surface area contributed by atoms with E-state index in [1.807, 2.05) is 12.1 Å². The van der Waals surface area contributed by atoms with Crippen LogP contribution in [0.5, 0.6) is 5.75 Å². The summed E-state index contributed by atoms with van der Waals surface area (Å²) in [5.74, 6) is 1.12. The molecular formula is C12H15NO. The zero-order chi connectivity index (χ0) is 10.6. The minimum absolute atomic E-state index is 0.442. The number of phenolic OH excluding ortho intramolecular Hbond substituents is 1. The van der Waals surface area contributed by atoms with Crippen LogP contribution in [0.15, 0.2) is 18.2 Å². The lowest BCUT2D eigenvalue weighted by Gasteiger charge is -2.02. The molecule has 0 atom stereocenters. The van der Waals surface area contributed by atoms with Gasteiger partial charge >= 0.3 is 0 Å². The summed E-state index contributed by atoms with van der Waals surface area (Å²) < 4.78 is 0. The summed E-state index contributed by atoms with van der Waals surface area (Å²) >= 11 is 0. The Kier molecular flexibility index (Phi) is 3.53. The standard InChI is InChI=1S/C6H11N.C6H4O/c1-6(2)4-3-5-7;7-6-3-4-1-2-5(4)6/h6H,3-4H2,1-2H3;1-3,7H. The lowest BCUT2D eigenvalue weighted by Crippen LogP contribution is -1.83. The van der Waals surface area contributed by atoms with Crippen LogP contribution in [0.2, 0.25) is 0 Å². The van der Waals surface area contributed by atoms with Gasteiger partial charge in [-0.25, -0.2) is 0 Å². The van der Waals surface area contributed by atoms with E-state index in [0.29, 0.717) is 18.1 Å². The van der Waals surface area contributed by atoms with E-state index in [2.05, 4.69) is 19.9 Å². The Morgan fingerprint density at radius 3 is 2.21 bits per heavy atom. The van der Waals surface area contributed by atoms with Gasteiger partial charge in [0, 0.05) is 11.6 Å². The highest BCUT2D eigenvalue weighted by atomic mass is 16.3. The number of nitrogens with zero attached hydrogens (tertiary/aromatic N) is 1. The lowest BCUT2D eigenvalue weighted by atomic mass is 10.1. The van der Waals surface area contributed by atoms with Gasteiger partial charge in [-0.1, -0.05) is 26.0 Å². The average Bonchev–Trinajstić information content (AvgIpc) is 2.11. The molecule has 0 saturated carbocycles. The number of benzene rings is 1. The van der Waals surface area contributed by atoms with E-state index < -0.39 is 0 Å². The number of rotatable bonds is 2. The largest absolute Gasteiger partial charge is 0.507 e. The molecule has 0 heterocycles. The highest BCUT2D eigenvalue weighted by molar-refractivity contribution is 5.37. The van der Waals surface area contributed by atoms with E-state index in [0.717, 1.165) is 11.6 Å². The zero-order valence-electron chi connectivity index (χ0n) is 8.62. The Morgan fingerprint density at radius 1 is 1.43 bits per heavy atom. The number of hydrogen-bond acceptors (Lipinski definition) is 2. The molecule has 0 aliphatic heterocycles. The summed E-state index contributed by atoms with van der Waals surface area (Å²) in [5, 5.41) is 19.0. The highest BCUT2D eigenvalue weighted by Crippen LogP contribution is 2.21. The molecule has 1 N–H and O–H groups in total. The molecule has 0 unspecified atom stereocenters. The number of aromatic hydroxyl groups is 1. The second kappa shape index (κ2) is 4.66. The van der Waals surface area contributed by atoms with Crippen LogP contribution in [-0.2, 0) is 0 Å². The summed E-state index contributed by atoms with van der Waals surface area (Å²) in [7, 11) is 0. The molecule has 14 heavy (non-hydrogen) atoms. The lowest BCUT2D eigenvalue weighted by molar-refractivity contribution is 0.465. The first-order chi connectivity index (χ1) is 6.65. The van der Waals surface area contributed by atoms with Gasteiger partial charge in [-0.15, -0.1) is 0 Å². The van der Waals surface area contributed by atoms with Crippen molar-refractivity contribution in [1.82, 2.24) is 0 Å². The first kappa shape index (κ1) is 10.6. The highest BCUT2D eigenvalue weighted by Gasteiger charge is 2.00. The molecule has 0 spiro atoms. The Bertz CT molecular complexity index is 429. The van der Waals surface area contributed by atoms with Crippen LogP contribution in [0.1, 0.15) is 26.7 Å². The van der Waals surface area contributed by atoms with Gasteiger partial charge in [-0.3, -0.25) is 0 Å². The van der Waals surface area contributed by atoms with Crippen molar-refractivity contribution in [3.8, 4) is 11.8 Å². The van der Waals surface area contributed by atoms with E-state index in [4.69, 9.17) is 10.4 Å². The fourth-order valence-electron chi connectivity index (χ4n) is 1.12. The molecule has 0 fully saturated rings. The molecular weight excluding hydrogens is 174 g/mol. The van der Waals surface area contributed by atoms with Gasteiger partial charge in [0.2, 0.25) is 0 Å². The third-order valence-electron chi connectivity index (χ3n) is 2.14. The van der Waals surface area contributed by atoms with Crippen molar-refractivity contribution in [2.24, 2.45) is 5.92 Å². The molecule has 0 amide bonds. The molecule has 2 aliphatic carbocycles. The summed E-state index contributed by atoms with van der Waals surface area (Å²) in [6.45, 7) is 4.24. The third-order valence-corrected chi connectivity index (χ3v) is 2.14. The maximum absolute atomic E-state index is 8.69. The fraction of sp³-hybridized carbons (Fsp3) is 0.417. The topological polar surface area (TPSA) is 44.0 Å². The smallest absolute Gasteiger partial charge is 0.124 e. The average molecular weight is 189 g/mol. The van der Waals surface area contributed by atoms with E-state index in [9.17, 15) is 0 Å². The molecule has 0 bridgehead atoms. The van der Waals surface area contributed by atoms with Crippen molar-refractivity contribution in [3.05, 3.63) is 28.6 Å². The zero-order valence-corrected chi connectivity index (χ0v) is 8.62.